The fourth-order valence-corrected chi connectivity index (χ4v) is 1.49. The minimum Gasteiger partial charge on any atom is -0.508 e. The first-order valence-electron chi connectivity index (χ1n) is 5.94. The quantitative estimate of drug-likeness (QED) is 0.670. The summed E-state index contributed by atoms with van der Waals surface area (Å²) in [5.74, 6) is 1.21. The molecule has 2 aromatic rings. The number of ether oxygens (including phenoxy) is 3. The number of benzene rings is 2. The molecule has 0 radical (unpaired) electrons. The zero-order chi connectivity index (χ0) is 14.4. The van der Waals surface area contributed by atoms with Gasteiger partial charge in [0.1, 0.15) is 23.0 Å². The second-order valence-electron chi connectivity index (χ2n) is 3.93. The van der Waals surface area contributed by atoms with Gasteiger partial charge in [-0.25, -0.2) is 4.79 Å². The van der Waals surface area contributed by atoms with Crippen LogP contribution in [0.15, 0.2) is 48.5 Å². The van der Waals surface area contributed by atoms with E-state index < -0.39 is 5.97 Å². The van der Waals surface area contributed by atoms with Gasteiger partial charge in [-0.15, -0.1) is 0 Å². The van der Waals surface area contributed by atoms with Crippen LogP contribution in [0.3, 0.4) is 0 Å². The van der Waals surface area contributed by atoms with E-state index >= 15 is 0 Å². The molecule has 0 unspecified atom stereocenters. The monoisotopic (exact) mass is 274 g/mol. The summed E-state index contributed by atoms with van der Waals surface area (Å²) in [7, 11) is 1.56. The summed E-state index contributed by atoms with van der Waals surface area (Å²) in [6, 6.07) is 12.8. The molecule has 0 fully saturated rings. The number of rotatable bonds is 5. The number of hydrogen-bond acceptors (Lipinski definition) is 5. The van der Waals surface area contributed by atoms with E-state index in [2.05, 4.69) is 0 Å². The zero-order valence-corrected chi connectivity index (χ0v) is 10.9. The molecule has 5 nitrogen and oxygen atoms in total. The predicted molar refractivity (Wildman–Crippen MR) is 72.2 cm³/mol. The van der Waals surface area contributed by atoms with Gasteiger partial charge < -0.3 is 19.3 Å². The van der Waals surface area contributed by atoms with Gasteiger partial charge in [0, 0.05) is 0 Å². The lowest BCUT2D eigenvalue weighted by molar-refractivity contribution is -0.136. The van der Waals surface area contributed by atoms with Gasteiger partial charge in [-0.3, -0.25) is 0 Å². The number of phenols is 1. The van der Waals surface area contributed by atoms with E-state index in [1.54, 1.807) is 43.5 Å². The lowest BCUT2D eigenvalue weighted by atomic mass is 10.3. The lowest BCUT2D eigenvalue weighted by Crippen LogP contribution is -2.17. The third kappa shape index (κ3) is 3.91. The molecular formula is C15H14O5. The smallest absolute Gasteiger partial charge is 0.349 e. The van der Waals surface area contributed by atoms with Crippen molar-refractivity contribution in [2.24, 2.45) is 0 Å². The molecule has 2 rings (SSSR count). The number of esters is 1. The van der Waals surface area contributed by atoms with Crippen LogP contribution in [0.1, 0.15) is 0 Å². The first-order chi connectivity index (χ1) is 9.67. The Balaban J connectivity index is 1.84. The number of hydrogen-bond donors (Lipinski definition) is 1. The minimum atomic E-state index is -0.511. The van der Waals surface area contributed by atoms with Crippen molar-refractivity contribution in [1.82, 2.24) is 0 Å². The summed E-state index contributed by atoms with van der Waals surface area (Å²) >= 11 is 0. The molecule has 0 amide bonds. The highest BCUT2D eigenvalue weighted by Gasteiger charge is 2.06. The van der Waals surface area contributed by atoms with Gasteiger partial charge in [0.15, 0.2) is 6.61 Å². The van der Waals surface area contributed by atoms with Gasteiger partial charge >= 0.3 is 5.97 Å². The van der Waals surface area contributed by atoms with Crippen LogP contribution in [-0.4, -0.2) is 24.8 Å². The van der Waals surface area contributed by atoms with Gasteiger partial charge in [0.05, 0.1) is 7.11 Å². The molecule has 0 aromatic heterocycles. The van der Waals surface area contributed by atoms with E-state index in [-0.39, 0.29) is 12.4 Å². The number of carbonyl (C=O) groups is 1. The summed E-state index contributed by atoms with van der Waals surface area (Å²) in [5, 5.41) is 9.11. The molecule has 0 aliphatic heterocycles. The largest absolute Gasteiger partial charge is 0.508 e. The minimum absolute atomic E-state index is 0.137. The van der Waals surface area contributed by atoms with E-state index in [1.165, 1.54) is 12.1 Å². The molecule has 0 atom stereocenters. The van der Waals surface area contributed by atoms with Crippen LogP contribution in [0, 0.1) is 0 Å². The van der Waals surface area contributed by atoms with Crippen molar-refractivity contribution in [2.45, 2.75) is 0 Å². The van der Waals surface area contributed by atoms with E-state index in [9.17, 15) is 4.79 Å². The Labute approximate surface area is 116 Å². The first kappa shape index (κ1) is 13.7. The van der Waals surface area contributed by atoms with E-state index in [0.717, 1.165) is 0 Å². The molecular weight excluding hydrogens is 260 g/mol. The molecule has 2 aromatic carbocycles. The van der Waals surface area contributed by atoms with E-state index in [4.69, 9.17) is 19.3 Å². The predicted octanol–water partition coefficient (Wildman–Crippen LogP) is 2.39. The molecule has 5 heteroatoms. The maximum absolute atomic E-state index is 11.6. The molecule has 0 heterocycles. The van der Waals surface area contributed by atoms with Gasteiger partial charge in [-0.2, -0.15) is 0 Å². The summed E-state index contributed by atoms with van der Waals surface area (Å²) in [4.78, 5) is 11.6. The third-order valence-electron chi connectivity index (χ3n) is 2.48. The number of methoxy groups -OCH3 is 1. The second-order valence-corrected chi connectivity index (χ2v) is 3.93. The van der Waals surface area contributed by atoms with Gasteiger partial charge in [0.25, 0.3) is 0 Å². The van der Waals surface area contributed by atoms with Crippen LogP contribution >= 0.6 is 0 Å². The van der Waals surface area contributed by atoms with Crippen LogP contribution in [-0.2, 0) is 4.79 Å². The standard InChI is InChI=1S/C15H14O5/c1-18-12-6-8-14(9-7-12)20-15(17)10-19-13-4-2-11(16)3-5-13/h2-9,16H,10H2,1H3. The maximum Gasteiger partial charge on any atom is 0.349 e. The normalized spacial score (nSPS) is 9.85. The Morgan fingerprint density at radius 3 is 2.10 bits per heavy atom. The van der Waals surface area contributed by atoms with Gasteiger partial charge in [-0.1, -0.05) is 0 Å². The Morgan fingerprint density at radius 2 is 1.50 bits per heavy atom. The molecule has 1 N–H and O–H groups in total. The highest BCUT2D eigenvalue weighted by atomic mass is 16.6. The summed E-state index contributed by atoms with van der Waals surface area (Å²) in [5.41, 5.74) is 0. The van der Waals surface area contributed by atoms with Crippen molar-refractivity contribution in [3.8, 4) is 23.0 Å². The van der Waals surface area contributed by atoms with Crippen LogP contribution in [0.25, 0.3) is 0 Å². The Bertz CT molecular complexity index is 560. The summed E-state index contributed by atoms with van der Waals surface area (Å²) < 4.78 is 15.3. The van der Waals surface area contributed by atoms with Crippen molar-refractivity contribution >= 4 is 5.97 Å². The van der Waals surface area contributed by atoms with Crippen molar-refractivity contribution in [3.05, 3.63) is 48.5 Å². The van der Waals surface area contributed by atoms with Crippen molar-refractivity contribution < 1.29 is 24.1 Å². The van der Waals surface area contributed by atoms with Crippen LogP contribution in [0.5, 0.6) is 23.0 Å². The van der Waals surface area contributed by atoms with Crippen molar-refractivity contribution in [3.63, 3.8) is 0 Å². The maximum atomic E-state index is 11.6. The Kier molecular flexibility index (Phi) is 4.44. The second kappa shape index (κ2) is 6.47. The number of aromatic hydroxyl groups is 1. The summed E-state index contributed by atoms with van der Waals surface area (Å²) in [6.07, 6.45) is 0. The lowest BCUT2D eigenvalue weighted by Gasteiger charge is -2.07. The third-order valence-corrected chi connectivity index (χ3v) is 2.48. The molecule has 0 saturated carbocycles. The molecule has 0 bridgehead atoms. The Hall–Kier alpha value is -2.69. The average molecular weight is 274 g/mol. The fraction of sp³-hybridized carbons (Fsp3) is 0.133. The molecule has 0 spiro atoms. The van der Waals surface area contributed by atoms with E-state index in [1.807, 2.05) is 0 Å². The van der Waals surface area contributed by atoms with Crippen LogP contribution in [0.4, 0.5) is 0 Å². The van der Waals surface area contributed by atoms with Gasteiger partial charge in [-0.05, 0) is 48.5 Å². The zero-order valence-electron chi connectivity index (χ0n) is 10.9. The average Bonchev–Trinajstić information content (AvgIpc) is 2.47. The molecule has 104 valence electrons. The summed E-state index contributed by atoms with van der Waals surface area (Å²) in [6.45, 7) is -0.212. The van der Waals surface area contributed by atoms with Gasteiger partial charge in [0.2, 0.25) is 0 Å². The molecule has 0 aliphatic rings. The van der Waals surface area contributed by atoms with Crippen molar-refractivity contribution in [1.29, 1.82) is 0 Å². The first-order valence-corrected chi connectivity index (χ1v) is 5.94. The number of phenolic OH excluding ortho intramolecular Hbond substituents is 1. The highest BCUT2D eigenvalue weighted by Crippen LogP contribution is 2.18. The molecule has 0 saturated heterocycles. The van der Waals surface area contributed by atoms with Crippen LogP contribution < -0.4 is 14.2 Å². The highest BCUT2D eigenvalue weighted by molar-refractivity contribution is 5.74. The molecule has 0 aliphatic carbocycles. The Morgan fingerprint density at radius 1 is 0.950 bits per heavy atom. The topological polar surface area (TPSA) is 65.0 Å². The number of carbonyl (C=O) groups excluding carboxylic acids is 1. The molecule has 20 heavy (non-hydrogen) atoms. The SMILES string of the molecule is COc1ccc(OC(=O)COc2ccc(O)cc2)cc1. The fourth-order valence-electron chi connectivity index (χ4n) is 1.49. The van der Waals surface area contributed by atoms with Crippen molar-refractivity contribution in [2.75, 3.05) is 13.7 Å². The van der Waals surface area contributed by atoms with Crippen LogP contribution in [0.2, 0.25) is 0 Å². The van der Waals surface area contributed by atoms with E-state index in [0.29, 0.717) is 17.2 Å².